The molecule has 4 rings (SSSR count). The van der Waals surface area contributed by atoms with Crippen molar-refractivity contribution >= 4 is 11.8 Å². The molecule has 2 aliphatic heterocycles. The van der Waals surface area contributed by atoms with Gasteiger partial charge in [0.2, 0.25) is 6.10 Å². The van der Waals surface area contributed by atoms with Crippen LogP contribution in [0.2, 0.25) is 0 Å². The van der Waals surface area contributed by atoms with Crippen LogP contribution >= 0.6 is 0 Å². The number of ether oxygens (including phenoxy) is 4. The van der Waals surface area contributed by atoms with E-state index in [1.165, 1.54) is 0 Å². The van der Waals surface area contributed by atoms with Crippen molar-refractivity contribution in [1.82, 2.24) is 10.9 Å². The fraction of sp³-hybridized carbons (Fsp3) is 0.333. The summed E-state index contributed by atoms with van der Waals surface area (Å²) in [5, 5.41) is 0. The molecule has 8 nitrogen and oxygen atoms in total. The van der Waals surface area contributed by atoms with Crippen molar-refractivity contribution in [2.75, 3.05) is 19.8 Å². The minimum Gasteiger partial charge on any atom is -0.491 e. The molecule has 2 aromatic carbocycles. The SMILES string of the molecule is O=C(NNC(=O)[C@@H]1COc2ccccc2O1)c1ccc(OC[C@H]2CCCO2)cc1. The molecule has 0 saturated carbocycles. The molecule has 2 amide bonds. The van der Waals surface area contributed by atoms with Crippen molar-refractivity contribution in [1.29, 1.82) is 0 Å². The number of hydrogen-bond donors (Lipinski definition) is 2. The first-order valence-corrected chi connectivity index (χ1v) is 9.52. The fourth-order valence-corrected chi connectivity index (χ4v) is 3.09. The molecule has 2 N–H and O–H groups in total. The van der Waals surface area contributed by atoms with Gasteiger partial charge in [0.05, 0.1) is 6.10 Å². The van der Waals surface area contributed by atoms with Gasteiger partial charge in [0, 0.05) is 12.2 Å². The Labute approximate surface area is 168 Å². The number of benzene rings is 2. The van der Waals surface area contributed by atoms with E-state index in [-0.39, 0.29) is 12.7 Å². The van der Waals surface area contributed by atoms with Gasteiger partial charge in [0.1, 0.15) is 19.0 Å². The normalized spacial score (nSPS) is 20.0. The van der Waals surface area contributed by atoms with Crippen LogP contribution in [0.15, 0.2) is 48.5 Å². The van der Waals surface area contributed by atoms with Crippen molar-refractivity contribution in [3.63, 3.8) is 0 Å². The molecule has 1 fully saturated rings. The summed E-state index contributed by atoms with van der Waals surface area (Å²) in [4.78, 5) is 24.5. The van der Waals surface area contributed by atoms with Crippen LogP contribution in [-0.2, 0) is 9.53 Å². The molecule has 0 spiro atoms. The predicted octanol–water partition coefficient (Wildman–Crippen LogP) is 1.85. The number of hydrogen-bond acceptors (Lipinski definition) is 6. The molecule has 0 unspecified atom stereocenters. The Balaban J connectivity index is 1.24. The second-order valence-electron chi connectivity index (χ2n) is 6.78. The van der Waals surface area contributed by atoms with Crippen molar-refractivity contribution in [3.8, 4) is 17.2 Å². The molecular formula is C21H22N2O6. The summed E-state index contributed by atoms with van der Waals surface area (Å²) >= 11 is 0. The molecule has 152 valence electrons. The molecular weight excluding hydrogens is 376 g/mol. The van der Waals surface area contributed by atoms with Crippen molar-refractivity contribution in [3.05, 3.63) is 54.1 Å². The van der Waals surface area contributed by atoms with E-state index in [0.29, 0.717) is 29.4 Å². The minimum atomic E-state index is -0.848. The minimum absolute atomic E-state index is 0.0649. The molecule has 2 aliphatic rings. The van der Waals surface area contributed by atoms with Gasteiger partial charge in [-0.2, -0.15) is 0 Å². The third-order valence-corrected chi connectivity index (χ3v) is 4.68. The van der Waals surface area contributed by atoms with E-state index in [1.54, 1.807) is 42.5 Å². The van der Waals surface area contributed by atoms with Crippen molar-refractivity contribution in [2.45, 2.75) is 25.0 Å². The molecule has 8 heteroatoms. The third-order valence-electron chi connectivity index (χ3n) is 4.68. The molecule has 0 bridgehead atoms. The average Bonchev–Trinajstić information content (AvgIpc) is 3.29. The van der Waals surface area contributed by atoms with E-state index in [1.807, 2.05) is 6.07 Å². The van der Waals surface area contributed by atoms with Gasteiger partial charge in [-0.3, -0.25) is 20.4 Å². The standard InChI is InChI=1S/C21H22N2O6/c24-20(14-7-9-15(10-8-14)27-12-16-4-3-11-26-16)22-23-21(25)19-13-28-17-5-1-2-6-18(17)29-19/h1-2,5-10,16,19H,3-4,11-13H2,(H,22,24)(H,23,25)/t16-,19+/m1/s1. The number of rotatable bonds is 5. The van der Waals surface area contributed by atoms with E-state index in [9.17, 15) is 9.59 Å². The maximum atomic E-state index is 12.2. The second kappa shape index (κ2) is 8.83. The Bertz CT molecular complexity index is 864. The van der Waals surface area contributed by atoms with Crippen LogP contribution < -0.4 is 25.1 Å². The zero-order chi connectivity index (χ0) is 20.1. The molecule has 2 atom stereocenters. The summed E-state index contributed by atoms with van der Waals surface area (Å²) < 4.78 is 22.3. The van der Waals surface area contributed by atoms with Crippen LogP contribution in [0.25, 0.3) is 0 Å². The lowest BCUT2D eigenvalue weighted by Crippen LogP contribution is -2.50. The van der Waals surface area contributed by atoms with E-state index in [4.69, 9.17) is 18.9 Å². The molecule has 2 aromatic rings. The summed E-state index contributed by atoms with van der Waals surface area (Å²) in [6, 6.07) is 13.8. The Kier molecular flexibility index (Phi) is 5.81. The van der Waals surface area contributed by atoms with Crippen molar-refractivity contribution < 1.29 is 28.5 Å². The average molecular weight is 398 g/mol. The number of carbonyl (C=O) groups is 2. The predicted molar refractivity (Wildman–Crippen MR) is 103 cm³/mol. The number of fused-ring (bicyclic) bond motifs is 1. The fourth-order valence-electron chi connectivity index (χ4n) is 3.09. The number of amides is 2. The lowest BCUT2D eigenvalue weighted by Gasteiger charge is -2.25. The zero-order valence-corrected chi connectivity index (χ0v) is 15.8. The smallest absolute Gasteiger partial charge is 0.283 e. The summed E-state index contributed by atoms with van der Waals surface area (Å²) in [6.45, 7) is 1.34. The molecule has 2 heterocycles. The van der Waals surface area contributed by atoms with Crippen LogP contribution in [-0.4, -0.2) is 43.8 Å². The highest BCUT2D eigenvalue weighted by Gasteiger charge is 2.27. The van der Waals surface area contributed by atoms with E-state index in [0.717, 1.165) is 19.4 Å². The number of nitrogens with one attached hydrogen (secondary N) is 2. The highest BCUT2D eigenvalue weighted by atomic mass is 16.6. The third kappa shape index (κ3) is 4.78. The summed E-state index contributed by atoms with van der Waals surface area (Å²) in [7, 11) is 0. The highest BCUT2D eigenvalue weighted by Crippen LogP contribution is 2.30. The van der Waals surface area contributed by atoms with Crippen LogP contribution in [0.5, 0.6) is 17.2 Å². The number of carbonyl (C=O) groups excluding carboxylic acids is 2. The second-order valence-corrected chi connectivity index (χ2v) is 6.78. The topological polar surface area (TPSA) is 95.1 Å². The van der Waals surface area contributed by atoms with E-state index in [2.05, 4.69) is 10.9 Å². The molecule has 0 aromatic heterocycles. The molecule has 0 radical (unpaired) electrons. The molecule has 29 heavy (non-hydrogen) atoms. The first kappa shape index (κ1) is 19.1. The monoisotopic (exact) mass is 398 g/mol. The van der Waals surface area contributed by atoms with Gasteiger partial charge in [-0.15, -0.1) is 0 Å². The molecule has 1 saturated heterocycles. The maximum Gasteiger partial charge on any atom is 0.283 e. The Morgan fingerprint density at radius 1 is 1.03 bits per heavy atom. The van der Waals surface area contributed by atoms with Gasteiger partial charge in [-0.05, 0) is 49.2 Å². The summed E-state index contributed by atoms with van der Waals surface area (Å²) in [5.41, 5.74) is 5.14. The first-order chi connectivity index (χ1) is 14.2. The quantitative estimate of drug-likeness (QED) is 0.747. The van der Waals surface area contributed by atoms with Gasteiger partial charge in [-0.25, -0.2) is 0 Å². The zero-order valence-electron chi connectivity index (χ0n) is 15.8. The van der Waals surface area contributed by atoms with Crippen LogP contribution in [0.1, 0.15) is 23.2 Å². The Hall–Kier alpha value is -3.26. The molecule has 0 aliphatic carbocycles. The number of hydrazine groups is 1. The van der Waals surface area contributed by atoms with Gasteiger partial charge in [0.15, 0.2) is 11.5 Å². The summed E-state index contributed by atoms with van der Waals surface area (Å²) in [5.74, 6) is 0.796. The van der Waals surface area contributed by atoms with Gasteiger partial charge < -0.3 is 18.9 Å². The van der Waals surface area contributed by atoms with Gasteiger partial charge >= 0.3 is 0 Å². The Morgan fingerprint density at radius 3 is 2.59 bits per heavy atom. The maximum absolute atomic E-state index is 12.2. The Morgan fingerprint density at radius 2 is 1.83 bits per heavy atom. The number of para-hydroxylation sites is 2. The largest absolute Gasteiger partial charge is 0.491 e. The first-order valence-electron chi connectivity index (χ1n) is 9.52. The van der Waals surface area contributed by atoms with Crippen LogP contribution in [0, 0.1) is 0 Å². The van der Waals surface area contributed by atoms with Crippen LogP contribution in [0.3, 0.4) is 0 Å². The van der Waals surface area contributed by atoms with E-state index >= 15 is 0 Å². The van der Waals surface area contributed by atoms with Crippen LogP contribution in [0.4, 0.5) is 0 Å². The lowest BCUT2D eigenvalue weighted by atomic mass is 10.2. The van der Waals surface area contributed by atoms with E-state index < -0.39 is 17.9 Å². The highest BCUT2D eigenvalue weighted by molar-refractivity contribution is 5.95. The van der Waals surface area contributed by atoms with Gasteiger partial charge in [-0.1, -0.05) is 12.1 Å². The van der Waals surface area contributed by atoms with Gasteiger partial charge in [0.25, 0.3) is 11.8 Å². The lowest BCUT2D eigenvalue weighted by molar-refractivity contribution is -0.131. The van der Waals surface area contributed by atoms with Crippen molar-refractivity contribution in [2.24, 2.45) is 0 Å². The summed E-state index contributed by atoms with van der Waals surface area (Å²) in [6.07, 6.45) is 1.34.